The largest absolute Gasteiger partial charge is 0.468 e. The molecule has 1 aliphatic rings. The number of nitrogens with zero attached hydrogens (tertiary/aromatic N) is 1. The van der Waals surface area contributed by atoms with E-state index in [1.54, 1.807) is 25.8 Å². The molecule has 1 aliphatic heterocycles. The smallest absolute Gasteiger partial charge is 0.325 e. The van der Waals surface area contributed by atoms with E-state index in [-0.39, 0.29) is 23.5 Å². The molecule has 1 saturated heterocycles. The van der Waals surface area contributed by atoms with Gasteiger partial charge in [-0.15, -0.1) is 0 Å². The summed E-state index contributed by atoms with van der Waals surface area (Å²) in [4.78, 5) is 13.4. The molecule has 94 valence electrons. The van der Waals surface area contributed by atoms with Gasteiger partial charge in [0.05, 0.1) is 18.6 Å². The highest BCUT2D eigenvalue weighted by Crippen LogP contribution is 2.24. The van der Waals surface area contributed by atoms with Crippen LogP contribution in [0.5, 0.6) is 0 Å². The number of sulfone groups is 1. The van der Waals surface area contributed by atoms with Gasteiger partial charge in [-0.2, -0.15) is 0 Å². The van der Waals surface area contributed by atoms with Gasteiger partial charge in [0.2, 0.25) is 0 Å². The molecule has 0 aromatic carbocycles. The number of hydrogen-bond acceptors (Lipinski definition) is 5. The number of methoxy groups -OCH3 is 1. The normalized spacial score (nSPS) is 24.7. The number of likely N-dealkylation sites (N-methyl/N-ethyl adjacent to an activating group) is 1. The first-order chi connectivity index (χ1) is 7.20. The Hall–Kier alpha value is -0.620. The van der Waals surface area contributed by atoms with Gasteiger partial charge in [-0.1, -0.05) is 0 Å². The van der Waals surface area contributed by atoms with Crippen molar-refractivity contribution in [3.63, 3.8) is 0 Å². The van der Waals surface area contributed by atoms with Gasteiger partial charge >= 0.3 is 5.97 Å². The van der Waals surface area contributed by atoms with Gasteiger partial charge in [-0.05, 0) is 27.3 Å². The van der Waals surface area contributed by atoms with E-state index in [0.29, 0.717) is 6.42 Å². The second kappa shape index (κ2) is 4.33. The van der Waals surface area contributed by atoms with Crippen LogP contribution in [0.4, 0.5) is 0 Å². The highest BCUT2D eigenvalue weighted by atomic mass is 32.2. The molecule has 0 amide bonds. The second-order valence-electron chi connectivity index (χ2n) is 4.72. The minimum absolute atomic E-state index is 0.0981. The van der Waals surface area contributed by atoms with Crippen molar-refractivity contribution >= 4 is 15.8 Å². The molecule has 1 heterocycles. The summed E-state index contributed by atoms with van der Waals surface area (Å²) in [6, 6.07) is -0.0981. The molecule has 0 spiro atoms. The number of carbonyl (C=O) groups is 1. The summed E-state index contributed by atoms with van der Waals surface area (Å²) in [5.41, 5.74) is -0.792. The van der Waals surface area contributed by atoms with Crippen molar-refractivity contribution in [3.8, 4) is 0 Å². The first-order valence-electron chi connectivity index (χ1n) is 5.22. The van der Waals surface area contributed by atoms with E-state index in [0.717, 1.165) is 0 Å². The van der Waals surface area contributed by atoms with Gasteiger partial charge < -0.3 is 4.74 Å². The highest BCUT2D eigenvalue weighted by Gasteiger charge is 2.41. The Morgan fingerprint density at radius 3 is 2.38 bits per heavy atom. The molecule has 0 saturated carbocycles. The maximum absolute atomic E-state index is 11.6. The molecule has 0 aromatic heterocycles. The summed E-state index contributed by atoms with van der Waals surface area (Å²) in [6.45, 7) is 3.48. The maximum Gasteiger partial charge on any atom is 0.325 e. The third-order valence-corrected chi connectivity index (χ3v) is 5.07. The molecule has 5 nitrogen and oxygen atoms in total. The predicted molar refractivity (Wildman–Crippen MR) is 60.9 cm³/mol. The van der Waals surface area contributed by atoms with Crippen molar-refractivity contribution in [1.82, 2.24) is 4.90 Å². The predicted octanol–water partition coefficient (Wildman–Crippen LogP) is 0.0569. The van der Waals surface area contributed by atoms with Gasteiger partial charge in [0.15, 0.2) is 9.84 Å². The van der Waals surface area contributed by atoms with Gasteiger partial charge in [-0.25, -0.2) is 8.42 Å². The standard InChI is InChI=1S/C10H19NO4S/c1-10(2,9(12)15-4)11(3)8-5-6-16(13,14)7-8/h8H,5-7H2,1-4H3. The van der Waals surface area contributed by atoms with Crippen LogP contribution < -0.4 is 0 Å². The quantitative estimate of drug-likeness (QED) is 0.662. The topological polar surface area (TPSA) is 63.7 Å². The van der Waals surface area contributed by atoms with Crippen LogP contribution in [0.25, 0.3) is 0 Å². The summed E-state index contributed by atoms with van der Waals surface area (Å²) in [7, 11) is 0.176. The zero-order valence-corrected chi connectivity index (χ0v) is 11.0. The van der Waals surface area contributed by atoms with E-state index in [1.807, 2.05) is 0 Å². The number of rotatable bonds is 3. The third kappa shape index (κ3) is 2.55. The van der Waals surface area contributed by atoms with E-state index >= 15 is 0 Å². The van der Waals surface area contributed by atoms with Crippen LogP contribution in [0.3, 0.4) is 0 Å². The lowest BCUT2D eigenvalue weighted by atomic mass is 10.0. The Morgan fingerprint density at radius 2 is 2.00 bits per heavy atom. The summed E-state index contributed by atoms with van der Waals surface area (Å²) in [5, 5.41) is 0. The average Bonchev–Trinajstić information content (AvgIpc) is 2.56. The Morgan fingerprint density at radius 1 is 1.44 bits per heavy atom. The van der Waals surface area contributed by atoms with E-state index in [9.17, 15) is 13.2 Å². The van der Waals surface area contributed by atoms with Gasteiger partial charge in [0, 0.05) is 6.04 Å². The molecule has 1 fully saturated rings. The second-order valence-corrected chi connectivity index (χ2v) is 6.95. The summed E-state index contributed by atoms with van der Waals surface area (Å²) < 4.78 is 27.5. The van der Waals surface area contributed by atoms with Crippen molar-refractivity contribution in [3.05, 3.63) is 0 Å². The van der Waals surface area contributed by atoms with Gasteiger partial charge in [-0.3, -0.25) is 9.69 Å². The van der Waals surface area contributed by atoms with Crippen molar-refractivity contribution < 1.29 is 17.9 Å². The Bertz CT molecular complexity index is 374. The number of carbonyl (C=O) groups excluding carboxylic acids is 1. The highest BCUT2D eigenvalue weighted by molar-refractivity contribution is 7.91. The summed E-state index contributed by atoms with van der Waals surface area (Å²) >= 11 is 0. The van der Waals surface area contributed by atoms with Crippen LogP contribution in [-0.4, -0.2) is 56.5 Å². The Labute approximate surface area is 96.7 Å². The van der Waals surface area contributed by atoms with Crippen molar-refractivity contribution in [2.75, 3.05) is 25.7 Å². The molecule has 0 N–H and O–H groups in total. The fourth-order valence-electron chi connectivity index (χ4n) is 1.93. The molecule has 0 aromatic rings. The van der Waals surface area contributed by atoms with E-state index in [1.165, 1.54) is 7.11 Å². The molecule has 6 heteroatoms. The molecule has 16 heavy (non-hydrogen) atoms. The lowest BCUT2D eigenvalue weighted by Crippen LogP contribution is -2.53. The molecular weight excluding hydrogens is 230 g/mol. The SMILES string of the molecule is COC(=O)C(C)(C)N(C)C1CCS(=O)(=O)C1. The zero-order chi connectivity index (χ0) is 12.6. The fourth-order valence-corrected chi connectivity index (χ4v) is 3.71. The van der Waals surface area contributed by atoms with Gasteiger partial charge in [0.25, 0.3) is 0 Å². The number of ether oxygens (including phenoxy) is 1. The molecule has 1 rings (SSSR count). The number of hydrogen-bond donors (Lipinski definition) is 0. The number of esters is 1. The summed E-state index contributed by atoms with van der Waals surface area (Å²) in [6.07, 6.45) is 0.583. The molecule has 0 bridgehead atoms. The van der Waals surface area contributed by atoms with Crippen LogP contribution in [0.1, 0.15) is 20.3 Å². The first-order valence-corrected chi connectivity index (χ1v) is 7.04. The van der Waals surface area contributed by atoms with Crippen molar-refractivity contribution in [2.45, 2.75) is 31.8 Å². The lowest BCUT2D eigenvalue weighted by Gasteiger charge is -2.36. The van der Waals surface area contributed by atoms with Crippen LogP contribution >= 0.6 is 0 Å². The average molecular weight is 249 g/mol. The lowest BCUT2D eigenvalue weighted by molar-refractivity contribution is -0.153. The van der Waals surface area contributed by atoms with Crippen molar-refractivity contribution in [1.29, 1.82) is 0 Å². The monoisotopic (exact) mass is 249 g/mol. The fraction of sp³-hybridized carbons (Fsp3) is 0.900. The summed E-state index contributed by atoms with van der Waals surface area (Å²) in [5.74, 6) is -0.0114. The molecule has 1 atom stereocenters. The van der Waals surface area contributed by atoms with E-state index < -0.39 is 15.4 Å². The molecule has 0 radical (unpaired) electrons. The maximum atomic E-state index is 11.6. The zero-order valence-electron chi connectivity index (χ0n) is 10.2. The van der Waals surface area contributed by atoms with Crippen molar-refractivity contribution in [2.24, 2.45) is 0 Å². The van der Waals surface area contributed by atoms with E-state index in [4.69, 9.17) is 4.74 Å². The minimum atomic E-state index is -2.93. The first kappa shape index (κ1) is 13.4. The Kier molecular flexibility index (Phi) is 3.64. The molecule has 1 unspecified atom stereocenters. The van der Waals surface area contributed by atoms with Gasteiger partial charge in [0.1, 0.15) is 5.54 Å². The van der Waals surface area contributed by atoms with Crippen LogP contribution in [0.2, 0.25) is 0 Å². The van der Waals surface area contributed by atoms with Crippen LogP contribution in [0, 0.1) is 0 Å². The minimum Gasteiger partial charge on any atom is -0.468 e. The van der Waals surface area contributed by atoms with E-state index in [2.05, 4.69) is 0 Å². The third-order valence-electron chi connectivity index (χ3n) is 3.32. The van der Waals surface area contributed by atoms with Crippen LogP contribution in [0.15, 0.2) is 0 Å². The van der Waals surface area contributed by atoms with Crippen LogP contribution in [-0.2, 0) is 19.4 Å². The Balaban J connectivity index is 2.79. The molecule has 0 aliphatic carbocycles. The molecular formula is C10H19NO4S.